The molecule has 0 aliphatic heterocycles. The molecule has 5 nitrogen and oxygen atoms in total. The minimum Gasteiger partial charge on any atom is -0.476 e. The zero-order valence-electron chi connectivity index (χ0n) is 12.2. The number of nitrogens with zero attached hydrogens (tertiary/aromatic N) is 2. The van der Waals surface area contributed by atoms with E-state index in [1.807, 2.05) is 6.92 Å². The first-order valence-corrected chi connectivity index (χ1v) is 6.24. The third kappa shape index (κ3) is 4.39. The lowest BCUT2D eigenvalue weighted by atomic mass is 10.1. The van der Waals surface area contributed by atoms with E-state index in [9.17, 15) is 0 Å². The van der Waals surface area contributed by atoms with Crippen molar-refractivity contribution in [1.82, 2.24) is 9.97 Å². The smallest absolute Gasteiger partial charge is 0.242 e. The molecular weight excluding hydrogens is 228 g/mol. The second-order valence-corrected chi connectivity index (χ2v) is 5.92. The van der Waals surface area contributed by atoms with Gasteiger partial charge >= 0.3 is 0 Å². The Morgan fingerprint density at radius 3 is 2.39 bits per heavy atom. The van der Waals surface area contributed by atoms with Crippen LogP contribution in [0.1, 0.15) is 40.4 Å². The molecule has 0 fully saturated rings. The molecule has 1 aromatic rings. The summed E-state index contributed by atoms with van der Waals surface area (Å²) < 4.78 is 5.62. The number of anilines is 2. The van der Waals surface area contributed by atoms with Gasteiger partial charge in [-0.3, -0.25) is 0 Å². The van der Waals surface area contributed by atoms with Crippen LogP contribution in [0.15, 0.2) is 0 Å². The lowest BCUT2D eigenvalue weighted by molar-refractivity contribution is 0.262. The molecule has 0 spiro atoms. The van der Waals surface area contributed by atoms with E-state index in [0.29, 0.717) is 35.7 Å². The average Bonchev–Trinajstić information content (AvgIpc) is 2.18. The molecule has 1 rings (SSSR count). The summed E-state index contributed by atoms with van der Waals surface area (Å²) in [6, 6.07) is 0. The molecule has 0 amide bonds. The molecule has 0 aliphatic carbocycles. The second-order valence-electron chi connectivity index (χ2n) is 5.92. The number of rotatable bonds is 4. The van der Waals surface area contributed by atoms with E-state index in [-0.39, 0.29) is 5.54 Å². The molecule has 3 N–H and O–H groups in total. The van der Waals surface area contributed by atoms with Gasteiger partial charge < -0.3 is 15.8 Å². The fourth-order valence-electron chi connectivity index (χ4n) is 1.36. The van der Waals surface area contributed by atoms with E-state index in [1.165, 1.54) is 0 Å². The maximum absolute atomic E-state index is 6.03. The van der Waals surface area contributed by atoms with Crippen molar-refractivity contribution in [2.45, 2.75) is 47.1 Å². The van der Waals surface area contributed by atoms with Gasteiger partial charge in [-0.2, -0.15) is 4.98 Å². The number of hydrogen-bond donors (Lipinski definition) is 2. The minimum absolute atomic E-state index is 0.107. The van der Waals surface area contributed by atoms with Crippen LogP contribution in [0.2, 0.25) is 0 Å². The third-order valence-corrected chi connectivity index (χ3v) is 2.07. The van der Waals surface area contributed by atoms with E-state index < -0.39 is 0 Å². The topological polar surface area (TPSA) is 73.1 Å². The average molecular weight is 252 g/mol. The molecule has 1 aromatic heterocycles. The number of ether oxygens (including phenoxy) is 1. The van der Waals surface area contributed by atoms with Gasteiger partial charge in [-0.25, -0.2) is 4.98 Å². The first-order chi connectivity index (χ1) is 8.19. The van der Waals surface area contributed by atoms with E-state index >= 15 is 0 Å². The van der Waals surface area contributed by atoms with E-state index in [0.717, 1.165) is 0 Å². The largest absolute Gasteiger partial charge is 0.476 e. The first kappa shape index (κ1) is 14.5. The van der Waals surface area contributed by atoms with Crippen molar-refractivity contribution in [2.75, 3.05) is 17.7 Å². The Morgan fingerprint density at radius 2 is 1.89 bits per heavy atom. The maximum Gasteiger partial charge on any atom is 0.242 e. The monoisotopic (exact) mass is 252 g/mol. The van der Waals surface area contributed by atoms with Crippen molar-refractivity contribution in [3.05, 3.63) is 5.82 Å². The summed E-state index contributed by atoms with van der Waals surface area (Å²) in [5.74, 6) is 2.17. The fraction of sp³-hybridized carbons (Fsp3) is 0.692. The number of nitrogens with two attached hydrogens (primary N) is 1. The molecule has 0 atom stereocenters. The van der Waals surface area contributed by atoms with Crippen LogP contribution in [-0.2, 0) is 0 Å². The standard InChI is InChI=1S/C13H24N4O/c1-8(2)7-18-12-10(14)11(15-9(3)16-12)17-13(4,5)6/h8H,7,14H2,1-6H3,(H,15,16,17). The predicted molar refractivity (Wildman–Crippen MR) is 74.9 cm³/mol. The number of nitrogens with one attached hydrogen (secondary N) is 1. The first-order valence-electron chi connectivity index (χ1n) is 6.24. The molecule has 0 bridgehead atoms. The van der Waals surface area contributed by atoms with Crippen molar-refractivity contribution in [1.29, 1.82) is 0 Å². The molecule has 0 saturated heterocycles. The highest BCUT2D eigenvalue weighted by Crippen LogP contribution is 2.28. The van der Waals surface area contributed by atoms with Gasteiger partial charge in [-0.15, -0.1) is 0 Å². The highest BCUT2D eigenvalue weighted by Gasteiger charge is 2.17. The summed E-state index contributed by atoms with van der Waals surface area (Å²) in [4.78, 5) is 8.56. The summed E-state index contributed by atoms with van der Waals surface area (Å²) in [5.41, 5.74) is 6.39. The van der Waals surface area contributed by atoms with Crippen LogP contribution >= 0.6 is 0 Å². The summed E-state index contributed by atoms with van der Waals surface area (Å²) in [6.07, 6.45) is 0. The quantitative estimate of drug-likeness (QED) is 0.861. The van der Waals surface area contributed by atoms with Crippen molar-refractivity contribution in [3.63, 3.8) is 0 Å². The van der Waals surface area contributed by atoms with E-state index in [4.69, 9.17) is 10.5 Å². The molecule has 0 aromatic carbocycles. The van der Waals surface area contributed by atoms with Gasteiger partial charge in [0, 0.05) is 5.54 Å². The van der Waals surface area contributed by atoms with Gasteiger partial charge in [0.25, 0.3) is 0 Å². The van der Waals surface area contributed by atoms with Crippen molar-refractivity contribution >= 4 is 11.5 Å². The zero-order chi connectivity index (χ0) is 13.9. The third-order valence-electron chi connectivity index (χ3n) is 2.07. The van der Waals surface area contributed by atoms with Crippen LogP contribution in [0.4, 0.5) is 11.5 Å². The Kier molecular flexibility index (Phi) is 4.38. The number of aromatic nitrogens is 2. The SMILES string of the molecule is Cc1nc(NC(C)(C)C)c(N)c(OCC(C)C)n1. The Hall–Kier alpha value is -1.52. The Bertz CT molecular complexity index is 410. The van der Waals surface area contributed by atoms with Gasteiger partial charge in [0.2, 0.25) is 5.88 Å². The molecule has 0 aliphatic rings. The Labute approximate surface area is 109 Å². The van der Waals surface area contributed by atoms with Gasteiger partial charge in [0.15, 0.2) is 5.82 Å². The van der Waals surface area contributed by atoms with Crippen LogP contribution in [0, 0.1) is 12.8 Å². The van der Waals surface area contributed by atoms with Crippen LogP contribution in [0.3, 0.4) is 0 Å². The number of hydrogen-bond acceptors (Lipinski definition) is 5. The normalized spacial score (nSPS) is 11.7. The lowest BCUT2D eigenvalue weighted by Crippen LogP contribution is -2.27. The fourth-order valence-corrected chi connectivity index (χ4v) is 1.36. The van der Waals surface area contributed by atoms with Crippen molar-refractivity contribution in [3.8, 4) is 5.88 Å². The van der Waals surface area contributed by atoms with Crippen LogP contribution in [0.5, 0.6) is 5.88 Å². The Morgan fingerprint density at radius 1 is 1.28 bits per heavy atom. The molecule has 0 radical (unpaired) electrons. The summed E-state index contributed by atoms with van der Waals surface area (Å²) in [7, 11) is 0. The molecule has 102 valence electrons. The van der Waals surface area contributed by atoms with Gasteiger partial charge in [0.05, 0.1) is 6.61 Å². The lowest BCUT2D eigenvalue weighted by Gasteiger charge is -2.23. The summed E-state index contributed by atoms with van der Waals surface area (Å²) in [5, 5.41) is 3.26. The molecule has 0 saturated carbocycles. The zero-order valence-corrected chi connectivity index (χ0v) is 12.2. The Balaban J connectivity index is 2.98. The number of nitrogen functional groups attached to an aromatic ring is 1. The molecular formula is C13H24N4O. The maximum atomic E-state index is 6.03. The van der Waals surface area contributed by atoms with Gasteiger partial charge in [-0.1, -0.05) is 13.8 Å². The van der Waals surface area contributed by atoms with Gasteiger partial charge in [-0.05, 0) is 33.6 Å². The van der Waals surface area contributed by atoms with Crippen LogP contribution in [-0.4, -0.2) is 22.1 Å². The summed E-state index contributed by atoms with van der Waals surface area (Å²) in [6.45, 7) is 12.7. The number of aryl methyl sites for hydroxylation is 1. The van der Waals surface area contributed by atoms with Gasteiger partial charge in [0.1, 0.15) is 11.5 Å². The molecule has 0 unspecified atom stereocenters. The predicted octanol–water partition coefficient (Wildman–Crippen LogP) is 2.61. The van der Waals surface area contributed by atoms with E-state index in [2.05, 4.69) is 49.9 Å². The second kappa shape index (κ2) is 5.42. The van der Waals surface area contributed by atoms with E-state index in [1.54, 1.807) is 0 Å². The summed E-state index contributed by atoms with van der Waals surface area (Å²) >= 11 is 0. The molecule has 1 heterocycles. The molecule has 18 heavy (non-hydrogen) atoms. The van der Waals surface area contributed by atoms with Crippen LogP contribution < -0.4 is 15.8 Å². The highest BCUT2D eigenvalue weighted by atomic mass is 16.5. The van der Waals surface area contributed by atoms with Crippen molar-refractivity contribution < 1.29 is 4.74 Å². The highest BCUT2D eigenvalue weighted by molar-refractivity contribution is 5.67. The molecule has 5 heteroatoms. The minimum atomic E-state index is -0.107. The van der Waals surface area contributed by atoms with Crippen LogP contribution in [0.25, 0.3) is 0 Å². The van der Waals surface area contributed by atoms with Crippen molar-refractivity contribution in [2.24, 2.45) is 5.92 Å².